The van der Waals surface area contributed by atoms with Crippen LogP contribution >= 0.6 is 0 Å². The lowest BCUT2D eigenvalue weighted by atomic mass is 9.97. The van der Waals surface area contributed by atoms with Gasteiger partial charge in [-0.3, -0.25) is 9.59 Å². The van der Waals surface area contributed by atoms with E-state index in [4.69, 9.17) is 4.74 Å². The quantitative estimate of drug-likeness (QED) is 0.842. The maximum Gasteiger partial charge on any atom is 0.246 e. The number of hydrogen-bond donors (Lipinski definition) is 2. The first-order chi connectivity index (χ1) is 8.70. The fraction of sp³-hybridized carbons (Fsp3) is 0.385. The van der Waals surface area contributed by atoms with E-state index in [0.29, 0.717) is 6.61 Å². The molecule has 0 saturated heterocycles. The van der Waals surface area contributed by atoms with E-state index in [9.17, 15) is 9.59 Å². The molecule has 0 aliphatic carbocycles. The Bertz CT molecular complexity index is 459. The maximum atomic E-state index is 11.6. The standard InChI is InChI=1S/C13H16N2O3/c1-2-18-8-13(17)15-11-7-12(16)14-10-6-4-3-5-9(10)11/h3-6,11H,2,7-8H2,1H3,(H,14,16)(H,15,17). The Hall–Kier alpha value is -1.88. The molecule has 1 aromatic rings. The van der Waals surface area contributed by atoms with Crippen molar-refractivity contribution in [2.45, 2.75) is 19.4 Å². The van der Waals surface area contributed by atoms with E-state index >= 15 is 0 Å². The lowest BCUT2D eigenvalue weighted by Gasteiger charge is -2.26. The van der Waals surface area contributed by atoms with Gasteiger partial charge in [-0.2, -0.15) is 0 Å². The molecule has 1 unspecified atom stereocenters. The average Bonchev–Trinajstić information content (AvgIpc) is 2.36. The van der Waals surface area contributed by atoms with E-state index in [2.05, 4.69) is 10.6 Å². The van der Waals surface area contributed by atoms with Gasteiger partial charge >= 0.3 is 0 Å². The molecule has 1 aliphatic heterocycles. The predicted molar refractivity (Wildman–Crippen MR) is 67.1 cm³/mol. The van der Waals surface area contributed by atoms with Gasteiger partial charge in [-0.05, 0) is 18.6 Å². The highest BCUT2D eigenvalue weighted by Crippen LogP contribution is 2.29. The van der Waals surface area contributed by atoms with Gasteiger partial charge in [0, 0.05) is 12.3 Å². The summed E-state index contributed by atoms with van der Waals surface area (Å²) < 4.78 is 5.04. The molecule has 2 amide bonds. The van der Waals surface area contributed by atoms with Crippen LogP contribution in [0.15, 0.2) is 24.3 Å². The number of carbonyl (C=O) groups is 2. The van der Waals surface area contributed by atoms with E-state index in [0.717, 1.165) is 11.3 Å². The second-order valence-corrected chi connectivity index (χ2v) is 4.10. The minimum absolute atomic E-state index is 0.0246. The Kier molecular flexibility index (Phi) is 3.94. The molecule has 0 bridgehead atoms. The van der Waals surface area contributed by atoms with E-state index in [1.54, 1.807) is 0 Å². The molecule has 0 fully saturated rings. The fourth-order valence-electron chi connectivity index (χ4n) is 1.97. The number of benzene rings is 1. The Morgan fingerprint density at radius 2 is 2.28 bits per heavy atom. The topological polar surface area (TPSA) is 67.4 Å². The van der Waals surface area contributed by atoms with E-state index in [1.165, 1.54) is 0 Å². The number of rotatable bonds is 4. The van der Waals surface area contributed by atoms with E-state index < -0.39 is 0 Å². The second-order valence-electron chi connectivity index (χ2n) is 4.10. The SMILES string of the molecule is CCOCC(=O)NC1CC(=O)Nc2ccccc21. The molecule has 2 rings (SSSR count). The highest BCUT2D eigenvalue weighted by Gasteiger charge is 2.25. The number of para-hydroxylation sites is 1. The van der Waals surface area contributed by atoms with Crippen molar-refractivity contribution < 1.29 is 14.3 Å². The first-order valence-corrected chi connectivity index (χ1v) is 5.96. The average molecular weight is 248 g/mol. The monoisotopic (exact) mass is 248 g/mol. The molecule has 18 heavy (non-hydrogen) atoms. The molecule has 0 saturated carbocycles. The molecule has 1 aliphatic rings. The van der Waals surface area contributed by atoms with Crippen molar-refractivity contribution in [3.05, 3.63) is 29.8 Å². The Balaban J connectivity index is 2.09. The second kappa shape index (κ2) is 5.64. The third kappa shape index (κ3) is 2.87. The number of anilines is 1. The van der Waals surface area contributed by atoms with Crippen molar-refractivity contribution in [3.8, 4) is 0 Å². The summed E-state index contributed by atoms with van der Waals surface area (Å²) >= 11 is 0. The van der Waals surface area contributed by atoms with Gasteiger partial charge in [0.1, 0.15) is 6.61 Å². The summed E-state index contributed by atoms with van der Waals surface area (Å²) in [6.45, 7) is 2.35. The third-order valence-corrected chi connectivity index (χ3v) is 2.77. The highest BCUT2D eigenvalue weighted by molar-refractivity contribution is 5.95. The molecular weight excluding hydrogens is 232 g/mol. The summed E-state index contributed by atoms with van der Waals surface area (Å²) in [5, 5.41) is 5.60. The van der Waals surface area contributed by atoms with Gasteiger partial charge in [-0.25, -0.2) is 0 Å². The van der Waals surface area contributed by atoms with Crippen LogP contribution in [0.3, 0.4) is 0 Å². The zero-order valence-electron chi connectivity index (χ0n) is 10.2. The highest BCUT2D eigenvalue weighted by atomic mass is 16.5. The maximum absolute atomic E-state index is 11.6. The van der Waals surface area contributed by atoms with Gasteiger partial charge in [0.2, 0.25) is 11.8 Å². The summed E-state index contributed by atoms with van der Waals surface area (Å²) in [4.78, 5) is 23.2. The van der Waals surface area contributed by atoms with Crippen molar-refractivity contribution in [1.82, 2.24) is 5.32 Å². The van der Waals surface area contributed by atoms with Crippen LogP contribution in [0.1, 0.15) is 24.9 Å². The minimum atomic E-state index is -0.275. The zero-order valence-corrected chi connectivity index (χ0v) is 10.2. The summed E-state index contributed by atoms with van der Waals surface area (Å²) in [7, 11) is 0. The molecule has 5 nitrogen and oxygen atoms in total. The number of fused-ring (bicyclic) bond motifs is 1. The van der Waals surface area contributed by atoms with Gasteiger partial charge in [0.25, 0.3) is 0 Å². The molecular formula is C13H16N2O3. The predicted octanol–water partition coefficient (Wildman–Crippen LogP) is 1.22. The minimum Gasteiger partial charge on any atom is -0.372 e. The fourth-order valence-corrected chi connectivity index (χ4v) is 1.97. The number of ether oxygens (including phenoxy) is 1. The molecule has 0 radical (unpaired) electrons. The Morgan fingerprint density at radius 3 is 3.06 bits per heavy atom. The number of nitrogens with one attached hydrogen (secondary N) is 2. The van der Waals surface area contributed by atoms with Crippen LogP contribution in [0, 0.1) is 0 Å². The largest absolute Gasteiger partial charge is 0.372 e. The van der Waals surface area contributed by atoms with Crippen LogP contribution in [0.5, 0.6) is 0 Å². The van der Waals surface area contributed by atoms with Crippen molar-refractivity contribution in [2.24, 2.45) is 0 Å². The van der Waals surface area contributed by atoms with Crippen LogP contribution in [-0.4, -0.2) is 25.0 Å². The molecule has 1 heterocycles. The van der Waals surface area contributed by atoms with Crippen LogP contribution < -0.4 is 10.6 Å². The van der Waals surface area contributed by atoms with Gasteiger partial charge in [-0.1, -0.05) is 18.2 Å². The Labute approximate surface area is 106 Å². The van der Waals surface area contributed by atoms with Crippen LogP contribution in [-0.2, 0) is 14.3 Å². The number of carbonyl (C=O) groups excluding carboxylic acids is 2. The van der Waals surface area contributed by atoms with Crippen molar-refractivity contribution >= 4 is 17.5 Å². The molecule has 5 heteroatoms. The first kappa shape index (κ1) is 12.6. The Morgan fingerprint density at radius 1 is 1.50 bits per heavy atom. The van der Waals surface area contributed by atoms with Gasteiger partial charge in [0.15, 0.2) is 0 Å². The molecule has 0 aromatic heterocycles. The molecule has 96 valence electrons. The third-order valence-electron chi connectivity index (χ3n) is 2.77. The van der Waals surface area contributed by atoms with Gasteiger partial charge in [-0.15, -0.1) is 0 Å². The van der Waals surface area contributed by atoms with E-state index in [-0.39, 0.29) is 30.9 Å². The molecule has 2 N–H and O–H groups in total. The number of amides is 2. The lowest BCUT2D eigenvalue weighted by Crippen LogP contribution is -2.36. The van der Waals surface area contributed by atoms with Crippen molar-refractivity contribution in [2.75, 3.05) is 18.5 Å². The smallest absolute Gasteiger partial charge is 0.246 e. The van der Waals surface area contributed by atoms with Gasteiger partial charge in [0.05, 0.1) is 12.5 Å². The molecule has 0 spiro atoms. The summed E-state index contributed by atoms with van der Waals surface area (Å²) in [6.07, 6.45) is 0.259. The van der Waals surface area contributed by atoms with Crippen LogP contribution in [0.25, 0.3) is 0 Å². The summed E-state index contributed by atoms with van der Waals surface area (Å²) in [5.41, 5.74) is 1.69. The van der Waals surface area contributed by atoms with E-state index in [1.807, 2.05) is 31.2 Å². The van der Waals surface area contributed by atoms with Crippen molar-refractivity contribution in [3.63, 3.8) is 0 Å². The lowest BCUT2D eigenvalue weighted by molar-refractivity contribution is -0.126. The summed E-state index contributed by atoms with van der Waals surface area (Å²) in [6, 6.07) is 7.19. The molecule has 1 atom stereocenters. The molecule has 1 aromatic carbocycles. The normalized spacial score (nSPS) is 17.8. The van der Waals surface area contributed by atoms with Crippen molar-refractivity contribution in [1.29, 1.82) is 0 Å². The van der Waals surface area contributed by atoms with Crippen LogP contribution in [0.4, 0.5) is 5.69 Å². The zero-order chi connectivity index (χ0) is 13.0. The number of hydrogen-bond acceptors (Lipinski definition) is 3. The van der Waals surface area contributed by atoms with Crippen LogP contribution in [0.2, 0.25) is 0 Å². The summed E-state index contributed by atoms with van der Waals surface area (Å²) in [5.74, 6) is -0.290. The van der Waals surface area contributed by atoms with Gasteiger partial charge < -0.3 is 15.4 Å². The first-order valence-electron chi connectivity index (χ1n) is 5.96.